The van der Waals surface area contributed by atoms with Gasteiger partial charge in [0.25, 0.3) is 0 Å². The summed E-state index contributed by atoms with van der Waals surface area (Å²) in [5.74, 6) is 0.140. The molecule has 0 spiro atoms. The molecule has 4 heteroatoms. The molecule has 0 bridgehead atoms. The van der Waals surface area contributed by atoms with E-state index in [4.69, 9.17) is 4.74 Å². The third-order valence-electron chi connectivity index (χ3n) is 3.17. The Bertz CT molecular complexity index is 705. The molecule has 3 nitrogen and oxygen atoms in total. The molecule has 0 saturated carbocycles. The highest BCUT2D eigenvalue weighted by Crippen LogP contribution is 2.32. The van der Waals surface area contributed by atoms with Gasteiger partial charge in [-0.15, -0.1) is 0 Å². The molecule has 0 aliphatic carbocycles. The highest BCUT2D eigenvalue weighted by Gasteiger charge is 2.15. The fourth-order valence-corrected chi connectivity index (χ4v) is 2.06. The summed E-state index contributed by atoms with van der Waals surface area (Å²) < 4.78 is 18.6. The third kappa shape index (κ3) is 2.32. The lowest BCUT2D eigenvalue weighted by Crippen LogP contribution is -2.16. The minimum Gasteiger partial charge on any atom is -0.485 e. The van der Waals surface area contributed by atoms with Gasteiger partial charge in [0, 0.05) is 11.6 Å². The standard InChI is InChI=1S/C16H12FNO2/c1-10(19)11-2-4-12(5-3-11)15-9-20-16-8-13(17)6-7-14(16)18-15/h2-8H,9H2,1H3. The Balaban J connectivity index is 1.95. The highest BCUT2D eigenvalue weighted by atomic mass is 19.1. The number of Topliss-reactive ketones (excluding diaryl/α,β-unsaturated/α-hetero) is 1. The minimum atomic E-state index is -0.340. The van der Waals surface area contributed by atoms with Gasteiger partial charge >= 0.3 is 0 Å². The first-order chi connectivity index (χ1) is 9.63. The average molecular weight is 269 g/mol. The second-order valence-electron chi connectivity index (χ2n) is 4.59. The number of halogens is 1. The zero-order valence-electron chi connectivity index (χ0n) is 10.9. The first kappa shape index (κ1) is 12.5. The number of carbonyl (C=O) groups is 1. The van der Waals surface area contributed by atoms with Gasteiger partial charge in [0.2, 0.25) is 0 Å². The van der Waals surface area contributed by atoms with Crippen LogP contribution in [0.3, 0.4) is 0 Å². The molecular formula is C16H12FNO2. The van der Waals surface area contributed by atoms with Crippen molar-refractivity contribution >= 4 is 17.2 Å². The number of benzene rings is 2. The molecule has 1 aliphatic rings. The molecule has 1 aliphatic heterocycles. The SMILES string of the molecule is CC(=O)c1ccc(C2=Nc3ccc(F)cc3OC2)cc1. The van der Waals surface area contributed by atoms with Crippen LogP contribution in [-0.4, -0.2) is 18.1 Å². The first-order valence-corrected chi connectivity index (χ1v) is 6.25. The molecule has 2 aromatic rings. The minimum absolute atomic E-state index is 0.0270. The van der Waals surface area contributed by atoms with Crippen LogP contribution < -0.4 is 4.74 Å². The lowest BCUT2D eigenvalue weighted by molar-refractivity contribution is 0.101. The van der Waals surface area contributed by atoms with Crippen molar-refractivity contribution in [2.24, 2.45) is 4.99 Å². The zero-order valence-corrected chi connectivity index (χ0v) is 10.9. The zero-order chi connectivity index (χ0) is 14.1. The number of hydrogen-bond acceptors (Lipinski definition) is 3. The number of nitrogens with zero attached hydrogens (tertiary/aromatic N) is 1. The van der Waals surface area contributed by atoms with Crippen molar-refractivity contribution < 1.29 is 13.9 Å². The fraction of sp³-hybridized carbons (Fsp3) is 0.125. The maximum atomic E-state index is 13.1. The number of carbonyl (C=O) groups excluding carboxylic acids is 1. The van der Waals surface area contributed by atoms with Gasteiger partial charge < -0.3 is 4.74 Å². The second kappa shape index (κ2) is 4.89. The Kier molecular flexibility index (Phi) is 3.06. The van der Waals surface area contributed by atoms with Crippen LogP contribution in [0.25, 0.3) is 0 Å². The first-order valence-electron chi connectivity index (χ1n) is 6.25. The van der Waals surface area contributed by atoms with Crippen molar-refractivity contribution in [3.63, 3.8) is 0 Å². The molecule has 0 atom stereocenters. The van der Waals surface area contributed by atoms with E-state index in [2.05, 4.69) is 4.99 Å². The van der Waals surface area contributed by atoms with Gasteiger partial charge in [-0.25, -0.2) is 9.38 Å². The summed E-state index contributed by atoms with van der Waals surface area (Å²) >= 11 is 0. The van der Waals surface area contributed by atoms with E-state index in [1.165, 1.54) is 19.1 Å². The van der Waals surface area contributed by atoms with Gasteiger partial charge in [0.1, 0.15) is 23.9 Å². The van der Waals surface area contributed by atoms with Crippen molar-refractivity contribution in [2.45, 2.75) is 6.92 Å². The molecule has 0 aromatic heterocycles. The van der Waals surface area contributed by atoms with Crippen LogP contribution in [0.4, 0.5) is 10.1 Å². The Morgan fingerprint density at radius 2 is 1.95 bits per heavy atom. The number of ketones is 1. The van der Waals surface area contributed by atoms with Gasteiger partial charge in [0.15, 0.2) is 5.78 Å². The lowest BCUT2D eigenvalue weighted by atomic mass is 10.1. The Labute approximate surface area is 115 Å². The van der Waals surface area contributed by atoms with Crippen LogP contribution in [0, 0.1) is 5.82 Å². The van der Waals surface area contributed by atoms with E-state index < -0.39 is 0 Å². The maximum absolute atomic E-state index is 13.1. The second-order valence-corrected chi connectivity index (χ2v) is 4.59. The summed E-state index contributed by atoms with van der Waals surface area (Å²) in [7, 11) is 0. The monoisotopic (exact) mass is 269 g/mol. The number of hydrogen-bond donors (Lipinski definition) is 0. The van der Waals surface area contributed by atoms with Gasteiger partial charge in [-0.3, -0.25) is 4.79 Å². The normalized spacial score (nSPS) is 13.2. The van der Waals surface area contributed by atoms with Gasteiger partial charge in [-0.2, -0.15) is 0 Å². The molecule has 0 radical (unpaired) electrons. The number of aliphatic imine (C=N–C) groups is 1. The van der Waals surface area contributed by atoms with Crippen LogP contribution in [-0.2, 0) is 0 Å². The maximum Gasteiger partial charge on any atom is 0.159 e. The smallest absolute Gasteiger partial charge is 0.159 e. The summed E-state index contributed by atoms with van der Waals surface area (Å²) in [6.07, 6.45) is 0. The molecule has 0 N–H and O–H groups in total. The predicted octanol–water partition coefficient (Wildman–Crippen LogP) is 3.54. The van der Waals surface area contributed by atoms with E-state index in [0.29, 0.717) is 17.0 Å². The molecule has 0 amide bonds. The molecule has 20 heavy (non-hydrogen) atoms. The Hall–Kier alpha value is -2.49. The number of fused-ring (bicyclic) bond motifs is 1. The van der Waals surface area contributed by atoms with Crippen LogP contribution >= 0.6 is 0 Å². The van der Waals surface area contributed by atoms with E-state index in [1.54, 1.807) is 18.2 Å². The van der Waals surface area contributed by atoms with Crippen LogP contribution in [0.5, 0.6) is 5.75 Å². The van der Waals surface area contributed by atoms with Gasteiger partial charge in [-0.05, 0) is 24.6 Å². The van der Waals surface area contributed by atoms with E-state index in [-0.39, 0.29) is 18.2 Å². The molecule has 1 heterocycles. The van der Waals surface area contributed by atoms with Crippen LogP contribution in [0.15, 0.2) is 47.5 Å². The van der Waals surface area contributed by atoms with E-state index in [9.17, 15) is 9.18 Å². The number of rotatable bonds is 2. The van der Waals surface area contributed by atoms with Gasteiger partial charge in [-0.1, -0.05) is 24.3 Å². The van der Waals surface area contributed by atoms with Crippen molar-refractivity contribution in [2.75, 3.05) is 6.61 Å². The highest BCUT2D eigenvalue weighted by molar-refractivity contribution is 6.05. The Morgan fingerprint density at radius 3 is 2.65 bits per heavy atom. The van der Waals surface area contributed by atoms with Crippen LogP contribution in [0.1, 0.15) is 22.8 Å². The summed E-state index contributed by atoms with van der Waals surface area (Å²) in [6, 6.07) is 11.5. The summed E-state index contributed by atoms with van der Waals surface area (Å²) in [4.78, 5) is 15.7. The summed E-state index contributed by atoms with van der Waals surface area (Å²) in [5.41, 5.74) is 2.93. The summed E-state index contributed by atoms with van der Waals surface area (Å²) in [5, 5.41) is 0. The Morgan fingerprint density at radius 1 is 1.20 bits per heavy atom. The molecule has 0 saturated heterocycles. The van der Waals surface area contributed by atoms with Crippen LogP contribution in [0.2, 0.25) is 0 Å². The average Bonchev–Trinajstić information content (AvgIpc) is 2.47. The van der Waals surface area contributed by atoms with Gasteiger partial charge in [0.05, 0.1) is 5.71 Å². The van der Waals surface area contributed by atoms with Crippen molar-refractivity contribution in [3.8, 4) is 5.75 Å². The van der Waals surface area contributed by atoms with E-state index in [0.717, 1.165) is 11.3 Å². The molecule has 0 fully saturated rings. The number of ether oxygens (including phenoxy) is 1. The van der Waals surface area contributed by atoms with E-state index in [1.807, 2.05) is 12.1 Å². The molecule has 3 rings (SSSR count). The summed E-state index contributed by atoms with van der Waals surface area (Å²) in [6.45, 7) is 1.82. The molecule has 100 valence electrons. The van der Waals surface area contributed by atoms with Crippen molar-refractivity contribution in [3.05, 3.63) is 59.4 Å². The molecule has 0 unspecified atom stereocenters. The molecule has 2 aromatic carbocycles. The lowest BCUT2D eigenvalue weighted by Gasteiger charge is -2.17. The largest absolute Gasteiger partial charge is 0.485 e. The molecular weight excluding hydrogens is 257 g/mol. The fourth-order valence-electron chi connectivity index (χ4n) is 2.06. The van der Waals surface area contributed by atoms with Crippen molar-refractivity contribution in [1.82, 2.24) is 0 Å². The van der Waals surface area contributed by atoms with E-state index >= 15 is 0 Å². The predicted molar refractivity (Wildman–Crippen MR) is 74.5 cm³/mol. The topological polar surface area (TPSA) is 38.7 Å². The quantitative estimate of drug-likeness (QED) is 0.782. The van der Waals surface area contributed by atoms with Crippen molar-refractivity contribution in [1.29, 1.82) is 0 Å². The third-order valence-corrected chi connectivity index (χ3v) is 3.17.